The van der Waals surface area contributed by atoms with Crippen LogP contribution >= 0.6 is 0 Å². The van der Waals surface area contributed by atoms with Crippen LogP contribution in [0.3, 0.4) is 0 Å². The summed E-state index contributed by atoms with van der Waals surface area (Å²) >= 11 is 0. The summed E-state index contributed by atoms with van der Waals surface area (Å²) in [6, 6.07) is 12.5. The van der Waals surface area contributed by atoms with Crippen molar-refractivity contribution in [1.82, 2.24) is 20.6 Å². The van der Waals surface area contributed by atoms with Gasteiger partial charge in [0.2, 0.25) is 0 Å². The van der Waals surface area contributed by atoms with Crippen LogP contribution in [0.15, 0.2) is 54.9 Å². The summed E-state index contributed by atoms with van der Waals surface area (Å²) < 4.78 is 13.4. The molecule has 164 valence electrons. The predicted molar refractivity (Wildman–Crippen MR) is 118 cm³/mol. The van der Waals surface area contributed by atoms with Crippen molar-refractivity contribution in [2.24, 2.45) is 5.73 Å². The average Bonchev–Trinajstić information content (AvgIpc) is 2.79. The van der Waals surface area contributed by atoms with Crippen molar-refractivity contribution in [1.29, 1.82) is 5.41 Å². The maximum absolute atomic E-state index is 13.4. The first kappa shape index (κ1) is 22.5. The smallest absolute Gasteiger partial charge is 0.270 e. The molecule has 9 heteroatoms. The SMILES string of the molecule is Cc1cc(CNC(=O)c2cc(C(=O)N[C@@H](C)c3ccc(C(=N)N)cc3)ncn2)ccc1F. The molecule has 0 bridgehead atoms. The number of amides is 2. The van der Waals surface area contributed by atoms with Crippen molar-refractivity contribution in [3.05, 3.63) is 94.3 Å². The van der Waals surface area contributed by atoms with E-state index in [9.17, 15) is 14.0 Å². The first-order chi connectivity index (χ1) is 15.2. The van der Waals surface area contributed by atoms with Gasteiger partial charge in [-0.3, -0.25) is 15.0 Å². The van der Waals surface area contributed by atoms with Crippen molar-refractivity contribution < 1.29 is 14.0 Å². The van der Waals surface area contributed by atoms with Crippen LogP contribution in [0, 0.1) is 18.2 Å². The molecule has 1 heterocycles. The number of carbonyl (C=O) groups excluding carboxylic acids is 2. The molecule has 0 unspecified atom stereocenters. The van der Waals surface area contributed by atoms with Crippen molar-refractivity contribution in [3.8, 4) is 0 Å². The van der Waals surface area contributed by atoms with Gasteiger partial charge in [0.1, 0.15) is 29.4 Å². The van der Waals surface area contributed by atoms with E-state index in [1.54, 1.807) is 50.2 Å². The molecular weight excluding hydrogens is 411 g/mol. The molecule has 2 amide bonds. The number of nitrogen functional groups attached to an aromatic ring is 1. The van der Waals surface area contributed by atoms with Crippen LogP contribution in [0.25, 0.3) is 0 Å². The van der Waals surface area contributed by atoms with Crippen LogP contribution in [0.4, 0.5) is 4.39 Å². The monoisotopic (exact) mass is 434 g/mol. The highest BCUT2D eigenvalue weighted by Crippen LogP contribution is 2.14. The highest BCUT2D eigenvalue weighted by atomic mass is 19.1. The van der Waals surface area contributed by atoms with E-state index < -0.39 is 11.8 Å². The van der Waals surface area contributed by atoms with Gasteiger partial charge in [0, 0.05) is 18.2 Å². The Kier molecular flexibility index (Phi) is 6.89. The number of benzene rings is 2. The normalized spacial score (nSPS) is 11.5. The van der Waals surface area contributed by atoms with Gasteiger partial charge in [0.05, 0.1) is 6.04 Å². The van der Waals surface area contributed by atoms with Gasteiger partial charge in [-0.15, -0.1) is 0 Å². The van der Waals surface area contributed by atoms with E-state index in [-0.39, 0.29) is 35.6 Å². The quantitative estimate of drug-likeness (QED) is 0.335. The molecule has 0 fully saturated rings. The molecule has 0 saturated carbocycles. The van der Waals surface area contributed by atoms with Gasteiger partial charge in [-0.2, -0.15) is 0 Å². The molecule has 1 atom stereocenters. The third-order valence-corrected chi connectivity index (χ3v) is 4.88. The molecule has 8 nitrogen and oxygen atoms in total. The number of nitrogens with one attached hydrogen (secondary N) is 3. The van der Waals surface area contributed by atoms with Gasteiger partial charge in [0.15, 0.2) is 0 Å². The molecule has 5 N–H and O–H groups in total. The van der Waals surface area contributed by atoms with E-state index in [4.69, 9.17) is 11.1 Å². The molecular formula is C23H23FN6O2. The third kappa shape index (κ3) is 5.51. The zero-order chi connectivity index (χ0) is 23.3. The number of halogens is 1. The average molecular weight is 434 g/mol. The summed E-state index contributed by atoms with van der Waals surface area (Å²) in [4.78, 5) is 32.9. The van der Waals surface area contributed by atoms with Crippen LogP contribution in [0.1, 0.15) is 56.2 Å². The summed E-state index contributed by atoms with van der Waals surface area (Å²) in [5, 5.41) is 12.9. The van der Waals surface area contributed by atoms with Gasteiger partial charge < -0.3 is 16.4 Å². The fraction of sp³-hybridized carbons (Fsp3) is 0.174. The standard InChI is InChI=1S/C23H23FN6O2/c1-13-9-15(3-8-18(13)24)11-27-22(31)19-10-20(29-12-28-19)23(32)30-14(2)16-4-6-17(7-5-16)21(25)26/h3-10,12,14H,11H2,1-2H3,(H3,25,26)(H,27,31)(H,30,32)/t14-/m0/s1. The summed E-state index contributed by atoms with van der Waals surface area (Å²) in [5.74, 6) is -1.28. The number of carbonyl (C=O) groups is 2. The Morgan fingerprint density at radius 1 is 1.06 bits per heavy atom. The lowest BCUT2D eigenvalue weighted by Crippen LogP contribution is -2.29. The van der Waals surface area contributed by atoms with Gasteiger partial charge >= 0.3 is 0 Å². The Morgan fingerprint density at radius 2 is 1.72 bits per heavy atom. The first-order valence-electron chi connectivity index (χ1n) is 9.85. The number of amidine groups is 1. The lowest BCUT2D eigenvalue weighted by Gasteiger charge is -2.14. The number of nitrogens with two attached hydrogens (primary N) is 1. The van der Waals surface area contributed by atoms with Crippen molar-refractivity contribution >= 4 is 17.6 Å². The van der Waals surface area contributed by atoms with Crippen molar-refractivity contribution in [3.63, 3.8) is 0 Å². The molecule has 0 radical (unpaired) electrons. The minimum Gasteiger partial charge on any atom is -0.384 e. The number of nitrogens with zero attached hydrogens (tertiary/aromatic N) is 2. The van der Waals surface area contributed by atoms with Gasteiger partial charge in [0.25, 0.3) is 11.8 Å². The third-order valence-electron chi connectivity index (χ3n) is 4.88. The highest BCUT2D eigenvalue weighted by molar-refractivity contribution is 5.97. The van der Waals surface area contributed by atoms with Crippen molar-refractivity contribution in [2.45, 2.75) is 26.4 Å². The molecule has 32 heavy (non-hydrogen) atoms. The molecule has 0 spiro atoms. The van der Waals surface area contributed by atoms with Gasteiger partial charge in [-0.1, -0.05) is 36.4 Å². The second-order valence-electron chi connectivity index (χ2n) is 7.29. The molecule has 0 aliphatic heterocycles. The largest absolute Gasteiger partial charge is 0.384 e. The van der Waals surface area contributed by atoms with Crippen LogP contribution in [0.2, 0.25) is 0 Å². The Balaban J connectivity index is 1.63. The Hall–Kier alpha value is -4.14. The summed E-state index contributed by atoms with van der Waals surface area (Å²) in [5.41, 5.74) is 8.20. The summed E-state index contributed by atoms with van der Waals surface area (Å²) in [6.45, 7) is 3.65. The van der Waals surface area contributed by atoms with E-state index >= 15 is 0 Å². The summed E-state index contributed by atoms with van der Waals surface area (Å²) in [7, 11) is 0. The van der Waals surface area contributed by atoms with Crippen molar-refractivity contribution in [2.75, 3.05) is 0 Å². The van der Waals surface area contributed by atoms with E-state index in [0.29, 0.717) is 11.1 Å². The number of rotatable bonds is 7. The molecule has 0 aliphatic carbocycles. The molecule has 3 aromatic rings. The van der Waals surface area contributed by atoms with Crippen LogP contribution in [-0.4, -0.2) is 27.6 Å². The van der Waals surface area contributed by atoms with Crippen LogP contribution < -0.4 is 16.4 Å². The molecule has 2 aromatic carbocycles. The van der Waals surface area contributed by atoms with E-state index in [1.165, 1.54) is 12.1 Å². The zero-order valence-electron chi connectivity index (χ0n) is 17.6. The molecule has 0 saturated heterocycles. The molecule has 0 aliphatic rings. The fourth-order valence-electron chi connectivity index (χ4n) is 3.00. The van der Waals surface area contributed by atoms with E-state index in [0.717, 1.165) is 17.5 Å². The minimum atomic E-state index is -0.476. The zero-order valence-corrected chi connectivity index (χ0v) is 17.6. The number of aryl methyl sites for hydroxylation is 1. The summed E-state index contributed by atoms with van der Waals surface area (Å²) in [6.07, 6.45) is 1.15. The van der Waals surface area contributed by atoms with E-state index in [1.807, 2.05) is 0 Å². The number of hydrogen-bond acceptors (Lipinski definition) is 5. The number of aromatic nitrogens is 2. The molecule has 1 aromatic heterocycles. The topological polar surface area (TPSA) is 134 Å². The predicted octanol–water partition coefficient (Wildman–Crippen LogP) is 2.63. The second kappa shape index (κ2) is 9.78. The van der Waals surface area contributed by atoms with Crippen LogP contribution in [-0.2, 0) is 6.54 Å². The van der Waals surface area contributed by atoms with Crippen LogP contribution in [0.5, 0.6) is 0 Å². The fourth-order valence-corrected chi connectivity index (χ4v) is 3.00. The maximum Gasteiger partial charge on any atom is 0.270 e. The van der Waals surface area contributed by atoms with Gasteiger partial charge in [-0.05, 0) is 36.6 Å². The first-order valence-corrected chi connectivity index (χ1v) is 9.85. The van der Waals surface area contributed by atoms with Gasteiger partial charge in [-0.25, -0.2) is 14.4 Å². The minimum absolute atomic E-state index is 0.0328. The highest BCUT2D eigenvalue weighted by Gasteiger charge is 2.16. The second-order valence-corrected chi connectivity index (χ2v) is 7.29. The maximum atomic E-state index is 13.4. The number of hydrogen-bond donors (Lipinski definition) is 4. The lowest BCUT2D eigenvalue weighted by atomic mass is 10.1. The lowest BCUT2D eigenvalue weighted by molar-refractivity contribution is 0.0934. The Labute approximate surface area is 184 Å². The Morgan fingerprint density at radius 3 is 2.34 bits per heavy atom. The van der Waals surface area contributed by atoms with E-state index in [2.05, 4.69) is 20.6 Å². The Bertz CT molecular complexity index is 1160. The molecule has 3 rings (SSSR count).